The fourth-order valence-corrected chi connectivity index (χ4v) is 2.44. The number of benzene rings is 1. The van der Waals surface area contributed by atoms with Crippen molar-refractivity contribution in [1.82, 2.24) is 9.88 Å². The summed E-state index contributed by atoms with van der Waals surface area (Å²) in [6.45, 7) is 3.20. The minimum absolute atomic E-state index is 0.0262. The molecule has 0 fully saturated rings. The molecule has 0 spiro atoms. The van der Waals surface area contributed by atoms with E-state index >= 15 is 0 Å². The van der Waals surface area contributed by atoms with Crippen LogP contribution in [0.3, 0.4) is 0 Å². The van der Waals surface area contributed by atoms with E-state index in [0.717, 1.165) is 23.0 Å². The summed E-state index contributed by atoms with van der Waals surface area (Å²) < 4.78 is 0. The summed E-state index contributed by atoms with van der Waals surface area (Å²) in [5, 5.41) is 19.9. The van der Waals surface area contributed by atoms with Crippen LogP contribution in [0.5, 0.6) is 0 Å². The number of pyridine rings is 1. The first-order chi connectivity index (χ1) is 9.58. The van der Waals surface area contributed by atoms with E-state index in [9.17, 15) is 10.2 Å². The molecule has 0 radical (unpaired) electrons. The Morgan fingerprint density at radius 1 is 1.15 bits per heavy atom. The first-order valence-corrected chi connectivity index (χ1v) is 6.81. The zero-order chi connectivity index (χ0) is 14.6. The molecule has 108 valence electrons. The molecule has 2 N–H and O–H groups in total. The van der Waals surface area contributed by atoms with E-state index in [1.165, 1.54) is 0 Å². The van der Waals surface area contributed by atoms with E-state index in [2.05, 4.69) is 28.1 Å². The number of rotatable bonds is 6. The first-order valence-electron chi connectivity index (χ1n) is 6.81. The van der Waals surface area contributed by atoms with E-state index < -0.39 is 5.41 Å². The molecule has 4 nitrogen and oxygen atoms in total. The number of hydrogen-bond acceptors (Lipinski definition) is 4. The van der Waals surface area contributed by atoms with Crippen molar-refractivity contribution in [2.24, 2.45) is 5.41 Å². The zero-order valence-corrected chi connectivity index (χ0v) is 12.1. The quantitative estimate of drug-likeness (QED) is 0.841. The van der Waals surface area contributed by atoms with Gasteiger partial charge in [0, 0.05) is 30.1 Å². The second-order valence-corrected chi connectivity index (χ2v) is 5.79. The van der Waals surface area contributed by atoms with Crippen molar-refractivity contribution in [3.8, 4) is 0 Å². The van der Waals surface area contributed by atoms with Crippen molar-refractivity contribution in [2.45, 2.75) is 13.5 Å². The summed E-state index contributed by atoms with van der Waals surface area (Å²) in [5.41, 5.74) is 1.69. The maximum absolute atomic E-state index is 9.37. The van der Waals surface area contributed by atoms with Crippen molar-refractivity contribution in [2.75, 3.05) is 26.8 Å². The Morgan fingerprint density at radius 2 is 1.85 bits per heavy atom. The van der Waals surface area contributed by atoms with Gasteiger partial charge in [0.1, 0.15) is 0 Å². The van der Waals surface area contributed by atoms with Gasteiger partial charge in [-0.1, -0.05) is 31.2 Å². The van der Waals surface area contributed by atoms with Gasteiger partial charge in [0.05, 0.1) is 18.7 Å². The molecule has 0 atom stereocenters. The Balaban J connectivity index is 2.16. The molecule has 1 heterocycles. The number of nitrogens with zero attached hydrogens (tertiary/aromatic N) is 2. The highest BCUT2D eigenvalue weighted by atomic mass is 16.3. The zero-order valence-electron chi connectivity index (χ0n) is 12.1. The molecule has 0 aliphatic carbocycles. The molecule has 0 aliphatic heterocycles. The summed E-state index contributed by atoms with van der Waals surface area (Å²) >= 11 is 0. The molecule has 0 bridgehead atoms. The topological polar surface area (TPSA) is 56.6 Å². The van der Waals surface area contributed by atoms with Crippen LogP contribution in [-0.4, -0.2) is 46.9 Å². The second-order valence-electron chi connectivity index (χ2n) is 5.79. The third-order valence-electron chi connectivity index (χ3n) is 3.57. The van der Waals surface area contributed by atoms with Gasteiger partial charge >= 0.3 is 0 Å². The largest absolute Gasteiger partial charge is 0.396 e. The predicted octanol–water partition coefficient (Wildman–Crippen LogP) is 1.66. The van der Waals surface area contributed by atoms with Gasteiger partial charge in [0.2, 0.25) is 0 Å². The van der Waals surface area contributed by atoms with Crippen LogP contribution < -0.4 is 0 Å². The smallest absolute Gasteiger partial charge is 0.0746 e. The number of aliphatic hydroxyl groups excluding tert-OH is 2. The monoisotopic (exact) mass is 274 g/mol. The van der Waals surface area contributed by atoms with Gasteiger partial charge in [-0.25, -0.2) is 0 Å². The molecule has 0 aliphatic rings. The van der Waals surface area contributed by atoms with Crippen molar-refractivity contribution in [3.05, 3.63) is 42.1 Å². The highest BCUT2D eigenvalue weighted by Gasteiger charge is 2.24. The maximum Gasteiger partial charge on any atom is 0.0746 e. The Hall–Kier alpha value is -1.49. The molecule has 1 aromatic heterocycles. The standard InChI is InChI=1S/C16H22N2O2/c1-16(11-19,12-20)10-18(2)9-14-6-3-5-13-7-4-8-17-15(13)14/h3-8,19-20H,9-12H2,1-2H3. The van der Waals surface area contributed by atoms with Gasteiger partial charge < -0.3 is 15.1 Å². The molecule has 0 amide bonds. The summed E-state index contributed by atoms with van der Waals surface area (Å²) in [4.78, 5) is 6.55. The van der Waals surface area contributed by atoms with Crippen LogP contribution >= 0.6 is 0 Å². The molecular weight excluding hydrogens is 252 g/mol. The number of aromatic nitrogens is 1. The molecular formula is C16H22N2O2. The Kier molecular flexibility index (Phi) is 4.70. The fourth-order valence-electron chi connectivity index (χ4n) is 2.44. The number of aliphatic hydroxyl groups is 2. The molecule has 0 unspecified atom stereocenters. The highest BCUT2D eigenvalue weighted by Crippen LogP contribution is 2.20. The molecule has 2 aromatic rings. The average Bonchev–Trinajstić information content (AvgIpc) is 2.47. The molecule has 20 heavy (non-hydrogen) atoms. The molecule has 0 saturated heterocycles. The van der Waals surface area contributed by atoms with Gasteiger partial charge in [-0.15, -0.1) is 0 Å². The van der Waals surface area contributed by atoms with Crippen molar-refractivity contribution in [3.63, 3.8) is 0 Å². The molecule has 1 aromatic carbocycles. The van der Waals surface area contributed by atoms with E-state index in [1.807, 2.05) is 26.1 Å². The van der Waals surface area contributed by atoms with Crippen LogP contribution in [0.1, 0.15) is 12.5 Å². The van der Waals surface area contributed by atoms with Gasteiger partial charge in [0.15, 0.2) is 0 Å². The first kappa shape index (κ1) is 14.9. The van der Waals surface area contributed by atoms with Gasteiger partial charge in [-0.3, -0.25) is 4.98 Å². The van der Waals surface area contributed by atoms with Crippen LogP contribution in [0, 0.1) is 5.41 Å². The van der Waals surface area contributed by atoms with Crippen molar-refractivity contribution < 1.29 is 10.2 Å². The number of hydrogen-bond donors (Lipinski definition) is 2. The summed E-state index contributed by atoms with van der Waals surface area (Å²) in [5.74, 6) is 0. The lowest BCUT2D eigenvalue weighted by atomic mass is 9.92. The van der Waals surface area contributed by atoms with Crippen LogP contribution in [0.2, 0.25) is 0 Å². The maximum atomic E-state index is 9.37. The van der Waals surface area contributed by atoms with Crippen LogP contribution in [0.4, 0.5) is 0 Å². The van der Waals surface area contributed by atoms with Gasteiger partial charge in [-0.05, 0) is 18.7 Å². The molecule has 2 rings (SSSR count). The third-order valence-corrected chi connectivity index (χ3v) is 3.57. The van der Waals surface area contributed by atoms with E-state index in [4.69, 9.17) is 0 Å². The average molecular weight is 274 g/mol. The highest BCUT2D eigenvalue weighted by molar-refractivity contribution is 5.81. The van der Waals surface area contributed by atoms with Gasteiger partial charge in [0.25, 0.3) is 0 Å². The van der Waals surface area contributed by atoms with Crippen LogP contribution in [-0.2, 0) is 6.54 Å². The molecule has 0 saturated carbocycles. The van der Waals surface area contributed by atoms with Crippen molar-refractivity contribution >= 4 is 10.9 Å². The minimum Gasteiger partial charge on any atom is -0.396 e. The lowest BCUT2D eigenvalue weighted by Crippen LogP contribution is -2.38. The lowest BCUT2D eigenvalue weighted by molar-refractivity contribution is 0.0403. The Labute approximate surface area is 119 Å². The summed E-state index contributed by atoms with van der Waals surface area (Å²) in [6, 6.07) is 10.1. The SMILES string of the molecule is CN(Cc1cccc2cccnc12)CC(C)(CO)CO. The van der Waals surface area contributed by atoms with Crippen molar-refractivity contribution in [1.29, 1.82) is 0 Å². The lowest BCUT2D eigenvalue weighted by Gasteiger charge is -2.30. The van der Waals surface area contributed by atoms with E-state index in [0.29, 0.717) is 6.54 Å². The van der Waals surface area contributed by atoms with E-state index in [-0.39, 0.29) is 13.2 Å². The summed E-state index contributed by atoms with van der Waals surface area (Å²) in [7, 11) is 1.99. The number of fused-ring (bicyclic) bond motifs is 1. The summed E-state index contributed by atoms with van der Waals surface area (Å²) in [6.07, 6.45) is 1.80. The predicted molar refractivity (Wildman–Crippen MR) is 80.4 cm³/mol. The second kappa shape index (κ2) is 6.31. The van der Waals surface area contributed by atoms with Gasteiger partial charge in [-0.2, -0.15) is 0 Å². The van der Waals surface area contributed by atoms with E-state index in [1.54, 1.807) is 6.20 Å². The normalized spacial score (nSPS) is 12.2. The van der Waals surface area contributed by atoms with Crippen LogP contribution in [0.25, 0.3) is 10.9 Å². The minimum atomic E-state index is -0.479. The fraction of sp³-hybridized carbons (Fsp3) is 0.438. The van der Waals surface area contributed by atoms with Crippen LogP contribution in [0.15, 0.2) is 36.5 Å². The molecule has 4 heteroatoms. The Morgan fingerprint density at radius 3 is 2.55 bits per heavy atom. The Bertz CT molecular complexity index is 562. The number of para-hydroxylation sites is 1. The third kappa shape index (κ3) is 3.33.